The van der Waals surface area contributed by atoms with Crippen molar-refractivity contribution in [1.82, 2.24) is 0 Å². The van der Waals surface area contributed by atoms with Crippen molar-refractivity contribution in [3.05, 3.63) is 82.8 Å². The van der Waals surface area contributed by atoms with Gasteiger partial charge >= 0.3 is 0 Å². The molecule has 0 spiro atoms. The van der Waals surface area contributed by atoms with E-state index in [0.29, 0.717) is 0 Å². The largest absolute Gasteiger partial charge is 0.472 e. The van der Waals surface area contributed by atoms with Crippen molar-refractivity contribution in [1.29, 1.82) is 0 Å². The molecule has 0 aliphatic carbocycles. The van der Waals surface area contributed by atoms with Gasteiger partial charge in [-0.1, -0.05) is 12.1 Å². The maximum atomic E-state index is 5.92. The summed E-state index contributed by atoms with van der Waals surface area (Å²) in [5.74, 6) is 0.244. The van der Waals surface area contributed by atoms with Crippen LogP contribution in [0.4, 0.5) is 11.4 Å². The van der Waals surface area contributed by atoms with E-state index in [4.69, 9.17) is 15.9 Å². The van der Waals surface area contributed by atoms with Crippen LogP contribution in [0.15, 0.2) is 59.4 Å². The predicted octanol–water partition coefficient (Wildman–Crippen LogP) is 4.44. The summed E-state index contributed by atoms with van der Waals surface area (Å²) >= 11 is 0. The number of aryl methyl sites for hydroxylation is 2. The van der Waals surface area contributed by atoms with Gasteiger partial charge in [0, 0.05) is 17.3 Å². The molecule has 0 radical (unpaired) electrons. The molecule has 118 valence electrons. The maximum absolute atomic E-state index is 5.92. The molecule has 3 aromatic rings. The Balaban J connectivity index is 2.09. The van der Waals surface area contributed by atoms with Crippen LogP contribution < -0.4 is 11.5 Å². The summed E-state index contributed by atoms with van der Waals surface area (Å²) in [4.78, 5) is 0. The molecule has 3 nitrogen and oxygen atoms in total. The van der Waals surface area contributed by atoms with E-state index in [-0.39, 0.29) is 5.92 Å². The van der Waals surface area contributed by atoms with E-state index in [1.54, 1.807) is 6.26 Å². The molecular weight excluding hydrogens is 284 g/mol. The lowest BCUT2D eigenvalue weighted by molar-refractivity contribution is 0.562. The second-order valence-electron chi connectivity index (χ2n) is 6.12. The van der Waals surface area contributed by atoms with E-state index in [1.807, 2.05) is 36.6 Å². The minimum atomic E-state index is 0.244. The van der Waals surface area contributed by atoms with Gasteiger partial charge in [0.2, 0.25) is 0 Å². The molecule has 0 aliphatic heterocycles. The van der Waals surface area contributed by atoms with E-state index in [0.717, 1.165) is 17.8 Å². The van der Waals surface area contributed by atoms with Gasteiger partial charge in [0.25, 0.3) is 0 Å². The smallest absolute Gasteiger partial charge is 0.0934 e. The first-order valence-electron chi connectivity index (χ1n) is 7.77. The van der Waals surface area contributed by atoms with Gasteiger partial charge in [-0.2, -0.15) is 0 Å². The highest BCUT2D eigenvalue weighted by Gasteiger charge is 2.19. The van der Waals surface area contributed by atoms with Crippen molar-refractivity contribution in [2.24, 2.45) is 0 Å². The fourth-order valence-corrected chi connectivity index (χ4v) is 3.21. The standard InChI is InChI=1S/C20H22N2O/c1-13-9-16(21)3-5-18(13)20(11-15-7-8-23-12-15)19-6-4-17(22)10-14(19)2/h3-10,12,20H,11,21-22H2,1-2H3. The summed E-state index contributed by atoms with van der Waals surface area (Å²) in [6, 6.07) is 14.3. The van der Waals surface area contributed by atoms with E-state index < -0.39 is 0 Å². The Kier molecular flexibility index (Phi) is 4.11. The first kappa shape index (κ1) is 15.2. The van der Waals surface area contributed by atoms with Crippen LogP contribution in [0.25, 0.3) is 0 Å². The first-order chi connectivity index (χ1) is 11.0. The molecule has 0 fully saturated rings. The zero-order valence-electron chi connectivity index (χ0n) is 13.5. The molecule has 0 saturated heterocycles. The lowest BCUT2D eigenvalue weighted by Gasteiger charge is -2.22. The Morgan fingerprint density at radius 1 is 0.870 bits per heavy atom. The third kappa shape index (κ3) is 3.24. The molecule has 23 heavy (non-hydrogen) atoms. The molecule has 2 aromatic carbocycles. The fourth-order valence-electron chi connectivity index (χ4n) is 3.21. The molecule has 4 N–H and O–H groups in total. The van der Waals surface area contributed by atoms with Crippen molar-refractivity contribution >= 4 is 11.4 Å². The third-order valence-electron chi connectivity index (χ3n) is 4.36. The molecule has 1 heterocycles. The molecule has 1 aromatic heterocycles. The summed E-state index contributed by atoms with van der Waals surface area (Å²) in [5, 5.41) is 0. The van der Waals surface area contributed by atoms with Crippen LogP contribution >= 0.6 is 0 Å². The van der Waals surface area contributed by atoms with Crippen molar-refractivity contribution in [2.75, 3.05) is 11.5 Å². The lowest BCUT2D eigenvalue weighted by atomic mass is 9.82. The summed E-state index contributed by atoms with van der Waals surface area (Å²) in [5.41, 5.74) is 19.6. The SMILES string of the molecule is Cc1cc(N)ccc1C(Cc1ccoc1)c1ccc(N)cc1C. The number of anilines is 2. The highest BCUT2D eigenvalue weighted by molar-refractivity contribution is 5.52. The maximum Gasteiger partial charge on any atom is 0.0934 e. The zero-order chi connectivity index (χ0) is 16.4. The normalized spacial score (nSPS) is 11.1. The van der Waals surface area contributed by atoms with E-state index in [9.17, 15) is 0 Å². The topological polar surface area (TPSA) is 65.2 Å². The van der Waals surface area contributed by atoms with Gasteiger partial charge in [-0.15, -0.1) is 0 Å². The number of furan rings is 1. The Morgan fingerprint density at radius 3 is 1.87 bits per heavy atom. The van der Waals surface area contributed by atoms with Gasteiger partial charge in [0.1, 0.15) is 0 Å². The Morgan fingerprint density at radius 2 is 1.43 bits per heavy atom. The molecule has 0 saturated carbocycles. The minimum absolute atomic E-state index is 0.244. The quantitative estimate of drug-likeness (QED) is 0.700. The molecule has 0 aliphatic rings. The monoisotopic (exact) mass is 306 g/mol. The molecular formula is C20H22N2O. The van der Waals surface area contributed by atoms with Crippen LogP contribution in [0.1, 0.15) is 33.7 Å². The van der Waals surface area contributed by atoms with Crippen LogP contribution in [-0.4, -0.2) is 0 Å². The van der Waals surface area contributed by atoms with Crippen LogP contribution in [-0.2, 0) is 6.42 Å². The van der Waals surface area contributed by atoms with Crippen molar-refractivity contribution in [3.63, 3.8) is 0 Å². The lowest BCUT2D eigenvalue weighted by Crippen LogP contribution is -2.09. The number of nitrogen functional groups attached to an aromatic ring is 2. The molecule has 0 amide bonds. The molecule has 3 heteroatoms. The number of benzene rings is 2. The molecule has 0 bridgehead atoms. The van der Waals surface area contributed by atoms with Crippen molar-refractivity contribution < 1.29 is 4.42 Å². The fraction of sp³-hybridized carbons (Fsp3) is 0.200. The van der Waals surface area contributed by atoms with Crippen LogP contribution in [0.3, 0.4) is 0 Å². The van der Waals surface area contributed by atoms with Gasteiger partial charge < -0.3 is 15.9 Å². The zero-order valence-corrected chi connectivity index (χ0v) is 13.5. The van der Waals surface area contributed by atoms with Crippen molar-refractivity contribution in [2.45, 2.75) is 26.2 Å². The average Bonchev–Trinajstić information content (AvgIpc) is 2.99. The van der Waals surface area contributed by atoms with E-state index in [2.05, 4.69) is 26.0 Å². The molecule has 0 atom stereocenters. The van der Waals surface area contributed by atoms with Crippen LogP contribution in [0.2, 0.25) is 0 Å². The Hall–Kier alpha value is -2.68. The average molecular weight is 306 g/mol. The highest BCUT2D eigenvalue weighted by Crippen LogP contribution is 2.34. The van der Waals surface area contributed by atoms with Gasteiger partial charge in [-0.25, -0.2) is 0 Å². The van der Waals surface area contributed by atoms with Gasteiger partial charge in [0.05, 0.1) is 12.5 Å². The number of rotatable bonds is 4. The molecule has 3 rings (SSSR count). The second-order valence-corrected chi connectivity index (χ2v) is 6.12. The minimum Gasteiger partial charge on any atom is -0.472 e. The number of hydrogen-bond donors (Lipinski definition) is 2. The number of nitrogens with two attached hydrogens (primary N) is 2. The van der Waals surface area contributed by atoms with Crippen molar-refractivity contribution in [3.8, 4) is 0 Å². The van der Waals surface area contributed by atoms with E-state index in [1.165, 1.54) is 27.8 Å². The Bertz CT molecular complexity index is 755. The first-order valence-corrected chi connectivity index (χ1v) is 7.77. The molecule has 0 unspecified atom stereocenters. The highest BCUT2D eigenvalue weighted by atomic mass is 16.3. The van der Waals surface area contributed by atoms with Gasteiger partial charge in [-0.3, -0.25) is 0 Å². The summed E-state index contributed by atoms with van der Waals surface area (Å²) < 4.78 is 5.25. The van der Waals surface area contributed by atoms with E-state index >= 15 is 0 Å². The Labute approximate surface area is 136 Å². The predicted molar refractivity (Wildman–Crippen MR) is 95.4 cm³/mol. The summed E-state index contributed by atoms with van der Waals surface area (Å²) in [6.07, 6.45) is 4.41. The second kappa shape index (κ2) is 6.21. The summed E-state index contributed by atoms with van der Waals surface area (Å²) in [6.45, 7) is 4.22. The van der Waals surface area contributed by atoms with Gasteiger partial charge in [0.15, 0.2) is 0 Å². The number of hydrogen-bond acceptors (Lipinski definition) is 3. The summed E-state index contributed by atoms with van der Waals surface area (Å²) in [7, 11) is 0. The van der Waals surface area contributed by atoms with Gasteiger partial charge in [-0.05, 0) is 78.4 Å². The van der Waals surface area contributed by atoms with Crippen LogP contribution in [0.5, 0.6) is 0 Å². The van der Waals surface area contributed by atoms with Crippen LogP contribution in [0, 0.1) is 13.8 Å². The third-order valence-corrected chi connectivity index (χ3v) is 4.36.